The number of aromatic hydroxyl groups is 1. The number of H-pyrrole nitrogens is 1. The number of fused-ring (bicyclic) bond motifs is 1. The molecule has 29 heteroatoms. The first-order chi connectivity index (χ1) is 54.2. The molecule has 0 bridgehead atoms. The topological polar surface area (TPSA) is 454 Å². The Labute approximate surface area is 676 Å². The number of aliphatic hydroxyl groups excluding tert-OH is 1. The molecule has 1 aliphatic heterocycles. The van der Waals surface area contributed by atoms with Crippen LogP contribution in [0.15, 0.2) is 97.2 Å². The number of rotatable bonds is 32. The van der Waals surface area contributed by atoms with Crippen LogP contribution in [0.25, 0.3) is 10.9 Å². The molecule has 1 aliphatic rings. The van der Waals surface area contributed by atoms with Gasteiger partial charge in [-0.05, 0) is 166 Å². The number of hydrogen-bond acceptors (Lipinski definition) is 17. The van der Waals surface area contributed by atoms with Crippen LogP contribution in [0.2, 0.25) is 0 Å². The van der Waals surface area contributed by atoms with E-state index in [1.165, 1.54) is 67.5 Å². The highest BCUT2D eigenvalue weighted by atomic mass is 16.3. The lowest BCUT2D eigenvalue weighted by molar-refractivity contribution is -0.141. The average Bonchev–Trinajstić information content (AvgIpc) is 1.70. The molecule has 5 rings (SSSR count). The van der Waals surface area contributed by atoms with Crippen molar-refractivity contribution in [3.63, 3.8) is 0 Å². The summed E-state index contributed by atoms with van der Waals surface area (Å²) in [5, 5.41) is 52.7. The van der Waals surface area contributed by atoms with Crippen LogP contribution < -0.4 is 64.2 Å². The van der Waals surface area contributed by atoms with Crippen LogP contribution in [-0.4, -0.2) is 175 Å². The monoisotopic (exact) mass is 1600 g/mol. The average molecular weight is 1600 g/mol. The van der Waals surface area contributed by atoms with Gasteiger partial charge in [-0.3, -0.25) is 67.1 Å². The van der Waals surface area contributed by atoms with Crippen molar-refractivity contribution < 1.29 is 77.3 Å². The molecule has 29 nitrogen and oxygen atoms in total. The fraction of sp³-hybridized carbons (Fsp3) is 0.581. The largest absolute Gasteiger partial charge is 0.508 e. The first-order valence-electron chi connectivity index (χ1n) is 40.6. The van der Waals surface area contributed by atoms with Crippen molar-refractivity contribution in [2.24, 2.45) is 29.4 Å². The minimum Gasteiger partial charge on any atom is -0.508 e. The summed E-state index contributed by atoms with van der Waals surface area (Å²) < 4.78 is 0. The molecule has 3 aromatic carbocycles. The number of allylic oxidation sites excluding steroid dienone is 2. The summed E-state index contributed by atoms with van der Waals surface area (Å²) in [6.45, 7) is 22.2. The second-order valence-corrected chi connectivity index (χ2v) is 32.6. The number of hydrogen-bond donors (Lipinski definition) is 15. The van der Waals surface area contributed by atoms with Crippen LogP contribution in [0, 0.1) is 23.7 Å². The van der Waals surface area contributed by atoms with Gasteiger partial charge >= 0.3 is 0 Å². The Morgan fingerprint density at radius 3 is 1.91 bits per heavy atom. The molecule has 4 aromatic rings. The predicted octanol–water partition coefficient (Wildman–Crippen LogP) is 5.93. The highest BCUT2D eigenvalue weighted by molar-refractivity contribution is 6.41. The molecular formula is C86H127N13O16. The number of carbonyl (C=O) groups excluding carboxylic acids is 14. The number of primary amides is 1. The Morgan fingerprint density at radius 1 is 0.635 bits per heavy atom. The lowest BCUT2D eigenvalue weighted by atomic mass is 9.82. The molecule has 0 saturated heterocycles. The van der Waals surface area contributed by atoms with E-state index in [2.05, 4.69) is 63.5 Å². The maximum absolute atomic E-state index is 15.5. The van der Waals surface area contributed by atoms with E-state index in [0.29, 0.717) is 74.5 Å². The zero-order valence-corrected chi connectivity index (χ0v) is 69.6. The van der Waals surface area contributed by atoms with Gasteiger partial charge in [-0.15, -0.1) is 0 Å². The molecule has 0 saturated carbocycles. The lowest BCUT2D eigenvalue weighted by Crippen LogP contribution is -2.65. The highest BCUT2D eigenvalue weighted by Crippen LogP contribution is 2.29. The van der Waals surface area contributed by atoms with Gasteiger partial charge in [0, 0.05) is 62.2 Å². The molecule has 0 fully saturated rings. The fourth-order valence-electron chi connectivity index (χ4n) is 14.0. The SMILES string of the molecule is CCCC[C@H](CNC(C)C(=O)C(=O)C(C)NC(=O)[C@]1(C)CCC/C=C/CCCCCC[C@@](C)(NC(=O)[C@H](Cc2ccccc2)NC(=O)[C@@H](NC(=O)[C@H](CC(C)C)NC(C)=O)[C@@H](C)O)C(=O)NC(C)C(=O)N[C@@H](Cc2ccc(O)cc2)C(=O)N[C@@](C)(Cc2c[nH]c3ccccc23)C(=O)CC[C@@H](CC(C)C)C(=O)N1)C(=O)NC(C)C(N)=O. The van der Waals surface area contributed by atoms with Crippen molar-refractivity contribution in [1.82, 2.24) is 63.5 Å². The van der Waals surface area contributed by atoms with Crippen LogP contribution in [0.5, 0.6) is 5.75 Å². The number of phenolic OH excluding ortho intramolecular Hbond substituents is 1. The summed E-state index contributed by atoms with van der Waals surface area (Å²) >= 11 is 0. The van der Waals surface area contributed by atoms with Crippen LogP contribution >= 0.6 is 0 Å². The highest BCUT2D eigenvalue weighted by Gasteiger charge is 2.44. The van der Waals surface area contributed by atoms with E-state index >= 15 is 24.0 Å². The maximum atomic E-state index is 15.5. The fourth-order valence-corrected chi connectivity index (χ4v) is 14.0. The number of benzene rings is 3. The van der Waals surface area contributed by atoms with Crippen LogP contribution in [-0.2, 0) is 86.4 Å². The smallest absolute Gasteiger partial charge is 0.246 e. The van der Waals surface area contributed by atoms with Crippen molar-refractivity contribution >= 4 is 93.2 Å². The van der Waals surface area contributed by atoms with E-state index in [9.17, 15) is 53.4 Å². The van der Waals surface area contributed by atoms with Crippen molar-refractivity contribution in [2.75, 3.05) is 6.54 Å². The maximum Gasteiger partial charge on any atom is 0.246 e. The number of nitrogens with one attached hydrogen (secondary N) is 12. The first kappa shape index (κ1) is 95.4. The molecule has 1 aromatic heterocycles. The zero-order valence-electron chi connectivity index (χ0n) is 69.6. The number of para-hydroxylation sites is 1. The van der Waals surface area contributed by atoms with Crippen molar-refractivity contribution in [1.29, 1.82) is 0 Å². The van der Waals surface area contributed by atoms with Gasteiger partial charge in [0.2, 0.25) is 76.5 Å². The van der Waals surface area contributed by atoms with Gasteiger partial charge in [0.25, 0.3) is 0 Å². The molecule has 11 amide bonds. The quantitative estimate of drug-likeness (QED) is 0.0199. The number of unbranched alkanes of at least 4 members (excludes halogenated alkanes) is 1. The number of aromatic amines is 1. The van der Waals surface area contributed by atoms with Gasteiger partial charge in [0.05, 0.1) is 29.6 Å². The number of nitrogens with two attached hydrogens (primary N) is 1. The Bertz CT molecular complexity index is 4010. The molecule has 632 valence electrons. The Kier molecular flexibility index (Phi) is 38.0. The van der Waals surface area contributed by atoms with Crippen LogP contribution in [0.4, 0.5) is 0 Å². The van der Waals surface area contributed by atoms with E-state index in [0.717, 1.165) is 17.3 Å². The second kappa shape index (κ2) is 45.8. The van der Waals surface area contributed by atoms with Gasteiger partial charge in [-0.2, -0.15) is 0 Å². The van der Waals surface area contributed by atoms with Gasteiger partial charge in [0.15, 0.2) is 5.78 Å². The summed E-state index contributed by atoms with van der Waals surface area (Å²) in [6.07, 6.45) is 9.27. The molecular weight excluding hydrogens is 1470 g/mol. The van der Waals surface area contributed by atoms with Gasteiger partial charge in [0.1, 0.15) is 53.1 Å². The van der Waals surface area contributed by atoms with Gasteiger partial charge in [-0.1, -0.05) is 140 Å². The first-order valence-corrected chi connectivity index (χ1v) is 40.6. The van der Waals surface area contributed by atoms with Crippen molar-refractivity contribution in [3.8, 4) is 5.75 Å². The molecule has 115 heavy (non-hydrogen) atoms. The van der Waals surface area contributed by atoms with Crippen molar-refractivity contribution in [2.45, 2.75) is 290 Å². The Morgan fingerprint density at radius 2 is 1.28 bits per heavy atom. The predicted molar refractivity (Wildman–Crippen MR) is 439 cm³/mol. The lowest BCUT2D eigenvalue weighted by Gasteiger charge is -2.34. The van der Waals surface area contributed by atoms with E-state index in [-0.39, 0.29) is 81.9 Å². The minimum absolute atomic E-state index is 0.00870. The number of ketones is 3. The molecule has 4 unspecified atom stereocenters. The Hall–Kier alpha value is -10.2. The normalized spacial score (nSPS) is 22.5. The van der Waals surface area contributed by atoms with Gasteiger partial charge < -0.3 is 79.4 Å². The third-order valence-corrected chi connectivity index (χ3v) is 21.1. The number of carbonyl (C=O) groups is 14. The molecule has 14 atom stereocenters. The van der Waals surface area contributed by atoms with E-state index < -0.39 is 165 Å². The van der Waals surface area contributed by atoms with E-state index in [1.54, 1.807) is 55.6 Å². The summed E-state index contributed by atoms with van der Waals surface area (Å²) in [5.74, 6) is -12.2. The minimum atomic E-state index is -1.82. The van der Waals surface area contributed by atoms with E-state index in [1.807, 2.05) is 71.0 Å². The molecule has 0 aliphatic carbocycles. The summed E-state index contributed by atoms with van der Waals surface area (Å²) in [4.78, 5) is 202. The van der Waals surface area contributed by atoms with Crippen molar-refractivity contribution in [3.05, 3.63) is 114 Å². The standard InChI is InChI=1S/C86H127N13O16/c1-15-16-33-62(76(108)90-55(8)74(87)106)49-88-53(6)72(104)73(105)54(7)91-82(114)84(12)42-29-22-20-18-17-19-21-23-30-43-85(13,98-79(111)69(46-59-31-25-24-26-32-59)95-81(113)71(57(10)100)96-78(110)67(45-52(4)5)93-58(11)101)83(115)92-56(9)75(107)94-68(47-60-36-39-64(102)40-37-60)80(112)99-86(14,48-63-50-89-66-35-28-27-34-65(63)66)70(103)41-38-61(44-51(2)3)77(109)97-84/h18,20,24-28,31-32,34-37,39-40,50-57,61-62,67-69,71,88-89,100,102H,15-17,19,21-23,29-30,33,38,41-49H2,1-14H3,(H2,87,106)(H,90,108)(H,91,114)(H,92,115)(H,93,101)(H,94,107)(H,95,113)(H,96,110)(H,97,109)(H,98,111)(H,99,112)/b20-18+/t53?,54?,55?,56?,57-,61+,62-,67+,68+,69+,71+,84+,85-,86+/m1/s1. The third kappa shape index (κ3) is 30.5. The van der Waals surface area contributed by atoms with Crippen LogP contribution in [0.1, 0.15) is 216 Å². The number of phenols is 1. The number of Topliss-reactive ketones (excluding diaryl/α,β-unsaturated/α-hetero) is 3. The zero-order chi connectivity index (χ0) is 85.5. The molecule has 0 spiro atoms. The number of amides is 11. The second-order valence-electron chi connectivity index (χ2n) is 32.6. The Balaban J connectivity index is 1.54. The molecule has 16 N–H and O–H groups in total. The molecule has 0 radical (unpaired) electrons. The summed E-state index contributed by atoms with van der Waals surface area (Å²) in [5.41, 5.74) is 2.53. The number of aromatic nitrogens is 1. The molecule has 2 heterocycles. The third-order valence-electron chi connectivity index (χ3n) is 21.1. The summed E-state index contributed by atoms with van der Waals surface area (Å²) in [7, 11) is 0. The van der Waals surface area contributed by atoms with E-state index in [4.69, 9.17) is 5.73 Å². The summed E-state index contributed by atoms with van der Waals surface area (Å²) in [6, 6.07) is 11.5. The number of aliphatic hydroxyl groups is 1. The van der Waals surface area contributed by atoms with Crippen LogP contribution in [0.3, 0.4) is 0 Å². The van der Waals surface area contributed by atoms with Gasteiger partial charge in [-0.25, -0.2) is 0 Å².